The first-order chi connectivity index (χ1) is 13.5. The average Bonchev–Trinajstić information content (AvgIpc) is 3.09. The van der Waals surface area contributed by atoms with E-state index >= 15 is 0 Å². The molecule has 0 aromatic heterocycles. The van der Waals surface area contributed by atoms with Crippen molar-refractivity contribution in [3.63, 3.8) is 0 Å². The fourth-order valence-electron chi connectivity index (χ4n) is 5.74. The first-order valence-electron chi connectivity index (χ1n) is 11.7. The third-order valence-electron chi connectivity index (χ3n) is 7.48. The van der Waals surface area contributed by atoms with Crippen LogP contribution in [0.4, 0.5) is 0 Å². The van der Waals surface area contributed by atoms with Crippen molar-refractivity contribution in [1.82, 2.24) is 0 Å². The van der Waals surface area contributed by atoms with Gasteiger partial charge in [0.25, 0.3) is 0 Å². The Morgan fingerprint density at radius 2 is 1.79 bits per heavy atom. The second-order valence-electron chi connectivity index (χ2n) is 8.88. The normalized spacial score (nSPS) is 34.8. The predicted molar refractivity (Wildman–Crippen MR) is 129 cm³/mol. The molecule has 4 unspecified atom stereocenters. The van der Waals surface area contributed by atoms with Crippen molar-refractivity contribution in [2.45, 2.75) is 92.4 Å². The number of rotatable bonds is 3. The van der Waals surface area contributed by atoms with Crippen molar-refractivity contribution in [3.8, 4) is 0 Å². The predicted octanol–water partition coefficient (Wildman–Crippen LogP) is 9.23. The zero-order chi connectivity index (χ0) is 21.3. The lowest BCUT2D eigenvalue weighted by Crippen LogP contribution is -2.33. The minimum Gasteiger partial charge on any atom is -0.106 e. The molecule has 0 radical (unpaired) electrons. The molecule has 0 saturated heterocycles. The monoisotopic (exact) mass is 382 g/mol. The molecule has 0 aromatic carbocycles. The molecule has 0 spiro atoms. The van der Waals surface area contributed by atoms with E-state index in [0.29, 0.717) is 11.3 Å². The molecular formula is C28H46. The molecule has 0 amide bonds. The van der Waals surface area contributed by atoms with Crippen LogP contribution < -0.4 is 0 Å². The fraction of sp³-hybridized carbons (Fsp3) is 0.643. The van der Waals surface area contributed by atoms with Gasteiger partial charge < -0.3 is 0 Å². The van der Waals surface area contributed by atoms with Crippen molar-refractivity contribution in [2.24, 2.45) is 23.2 Å². The highest BCUT2D eigenvalue weighted by Gasteiger charge is 2.49. The van der Waals surface area contributed by atoms with Gasteiger partial charge in [-0.15, -0.1) is 13.2 Å². The summed E-state index contributed by atoms with van der Waals surface area (Å²) in [5.74, 6) is 2.22. The topological polar surface area (TPSA) is 0 Å². The van der Waals surface area contributed by atoms with Gasteiger partial charge in [-0.25, -0.2) is 0 Å². The van der Waals surface area contributed by atoms with Crippen molar-refractivity contribution in [2.75, 3.05) is 0 Å². The second kappa shape index (κ2) is 11.6. The van der Waals surface area contributed by atoms with Crippen LogP contribution in [0.1, 0.15) is 92.4 Å². The van der Waals surface area contributed by atoms with Crippen LogP contribution in [-0.2, 0) is 0 Å². The van der Waals surface area contributed by atoms with Gasteiger partial charge in [-0.1, -0.05) is 82.2 Å². The van der Waals surface area contributed by atoms with Gasteiger partial charge in [0.2, 0.25) is 0 Å². The van der Waals surface area contributed by atoms with E-state index in [1.807, 2.05) is 13.8 Å². The van der Waals surface area contributed by atoms with E-state index in [-0.39, 0.29) is 0 Å². The Kier molecular flexibility index (Phi) is 10.3. The summed E-state index contributed by atoms with van der Waals surface area (Å²) in [5.41, 5.74) is 6.80. The highest BCUT2D eigenvalue weighted by atomic mass is 14.5. The van der Waals surface area contributed by atoms with Crippen LogP contribution in [0, 0.1) is 23.2 Å². The van der Waals surface area contributed by atoms with E-state index in [4.69, 9.17) is 0 Å². The van der Waals surface area contributed by atoms with Crippen molar-refractivity contribution < 1.29 is 0 Å². The molecule has 3 rings (SSSR count). The fourth-order valence-corrected chi connectivity index (χ4v) is 5.74. The minimum absolute atomic E-state index is 0.476. The third kappa shape index (κ3) is 5.40. The molecule has 0 aromatic rings. The number of hydrogen-bond acceptors (Lipinski definition) is 0. The average molecular weight is 383 g/mol. The molecule has 0 aliphatic heterocycles. The Morgan fingerprint density at radius 3 is 2.39 bits per heavy atom. The molecule has 3 fully saturated rings. The van der Waals surface area contributed by atoms with E-state index in [9.17, 15) is 0 Å². The van der Waals surface area contributed by atoms with Crippen molar-refractivity contribution in [1.29, 1.82) is 0 Å². The summed E-state index contributed by atoms with van der Waals surface area (Å²) in [5, 5.41) is 0. The van der Waals surface area contributed by atoms with Gasteiger partial charge in [-0.3, -0.25) is 0 Å². The van der Waals surface area contributed by atoms with E-state index in [1.54, 1.807) is 11.1 Å². The minimum atomic E-state index is 0.476. The quantitative estimate of drug-likeness (QED) is 0.427. The largest absolute Gasteiger partial charge is 0.106 e. The van der Waals surface area contributed by atoms with Crippen LogP contribution in [0.25, 0.3) is 0 Å². The summed E-state index contributed by atoms with van der Waals surface area (Å²) in [4.78, 5) is 0. The summed E-state index contributed by atoms with van der Waals surface area (Å²) < 4.78 is 0. The van der Waals surface area contributed by atoms with Gasteiger partial charge in [-0.05, 0) is 81.0 Å². The van der Waals surface area contributed by atoms with Crippen LogP contribution in [0.15, 0.2) is 60.8 Å². The zero-order valence-corrected chi connectivity index (χ0v) is 19.6. The smallest absolute Gasteiger partial charge is 0.0140 e. The van der Waals surface area contributed by atoms with Crippen molar-refractivity contribution >= 4 is 0 Å². The number of hydrogen-bond donors (Lipinski definition) is 0. The molecule has 0 nitrogen and oxygen atoms in total. The van der Waals surface area contributed by atoms with Crippen LogP contribution in [0.3, 0.4) is 0 Å². The summed E-state index contributed by atoms with van der Waals surface area (Å²) in [6.45, 7) is 25.8. The molecule has 0 heterocycles. The number of allylic oxidation sites excluding steroid dienone is 6. The Labute approximate surface area is 176 Å². The summed E-state index contributed by atoms with van der Waals surface area (Å²) in [6, 6.07) is 0. The molecule has 0 N–H and O–H groups in total. The molecule has 3 aliphatic carbocycles. The Balaban J connectivity index is 0.000000921. The molecule has 158 valence electrons. The standard InChI is InChI=1S/C24H36.C2H6.C2H4/c1-6-17(2)22-13-14-23-21(8-7-15-24(22,23)5)12-11-20-10-9-18(3)19(4)16-20;2*1-2/h11-12,19,22-23H,2-3,6-10,13-16H2,1,4-5H3;1-2H3;1-2H2/b20-11-,21-12+;;. The first-order valence-corrected chi connectivity index (χ1v) is 11.7. The van der Waals surface area contributed by atoms with Gasteiger partial charge in [0.1, 0.15) is 0 Å². The molecule has 0 bridgehead atoms. The van der Waals surface area contributed by atoms with Crippen LogP contribution >= 0.6 is 0 Å². The van der Waals surface area contributed by atoms with Crippen LogP contribution in [-0.4, -0.2) is 0 Å². The van der Waals surface area contributed by atoms with E-state index in [0.717, 1.165) is 18.3 Å². The summed E-state index contributed by atoms with van der Waals surface area (Å²) in [6.07, 6.45) is 16.6. The van der Waals surface area contributed by atoms with Crippen LogP contribution in [0.2, 0.25) is 0 Å². The van der Waals surface area contributed by atoms with E-state index in [2.05, 4.69) is 59.2 Å². The maximum Gasteiger partial charge on any atom is -0.0140 e. The van der Waals surface area contributed by atoms with E-state index in [1.165, 1.54) is 62.5 Å². The van der Waals surface area contributed by atoms with Crippen LogP contribution in [0.5, 0.6) is 0 Å². The summed E-state index contributed by atoms with van der Waals surface area (Å²) >= 11 is 0. The Hall–Kier alpha value is -1.30. The van der Waals surface area contributed by atoms with Gasteiger partial charge in [0, 0.05) is 0 Å². The molecular weight excluding hydrogens is 336 g/mol. The molecule has 3 saturated carbocycles. The highest BCUT2D eigenvalue weighted by molar-refractivity contribution is 5.28. The third-order valence-corrected chi connectivity index (χ3v) is 7.48. The maximum absolute atomic E-state index is 4.41. The van der Waals surface area contributed by atoms with Gasteiger partial charge in [0.05, 0.1) is 0 Å². The molecule has 0 heteroatoms. The van der Waals surface area contributed by atoms with Gasteiger partial charge in [0.15, 0.2) is 0 Å². The maximum atomic E-state index is 4.41. The Morgan fingerprint density at radius 1 is 1.11 bits per heavy atom. The molecule has 3 aliphatic rings. The molecule has 4 atom stereocenters. The van der Waals surface area contributed by atoms with E-state index < -0.39 is 0 Å². The second-order valence-corrected chi connectivity index (χ2v) is 8.88. The highest BCUT2D eigenvalue weighted by Crippen LogP contribution is 2.59. The van der Waals surface area contributed by atoms with Gasteiger partial charge in [-0.2, -0.15) is 0 Å². The SMILES string of the molecule is C=C.C=C1CC/C(=C/C=C2\CCCC3(C)C(C(=C)CC)CCC23)CC1C.CC. The zero-order valence-electron chi connectivity index (χ0n) is 19.6. The Bertz CT molecular complexity index is 587. The lowest BCUT2D eigenvalue weighted by atomic mass is 9.62. The first kappa shape index (κ1) is 24.7. The summed E-state index contributed by atoms with van der Waals surface area (Å²) in [7, 11) is 0. The lowest BCUT2D eigenvalue weighted by molar-refractivity contribution is 0.154. The van der Waals surface area contributed by atoms with Crippen molar-refractivity contribution in [3.05, 3.63) is 60.8 Å². The number of fused-ring (bicyclic) bond motifs is 1. The lowest BCUT2D eigenvalue weighted by Gasteiger charge is -2.43. The molecule has 28 heavy (non-hydrogen) atoms. The van der Waals surface area contributed by atoms with Gasteiger partial charge >= 0.3 is 0 Å².